The molecule has 2 heterocycles. The van der Waals surface area contributed by atoms with Crippen LogP contribution in [0, 0.1) is 19.7 Å². The van der Waals surface area contributed by atoms with E-state index in [4.69, 9.17) is 9.84 Å². The standard InChI is InChI=1S/C26H28FN5O3/c1-4-35-23-12-18(6-8-21(23)29-14-25(33)34)22-13-24(31-15-30-22)28-9-10-32-17(3)11-19-16(2)5-7-20(27)26(19)32/h5-8,11-13,15,29H,4,9-10,14H2,1-3H3,(H,33,34)(H,28,30,31). The molecule has 0 spiro atoms. The fourth-order valence-corrected chi connectivity index (χ4v) is 4.07. The molecule has 2 aromatic heterocycles. The average molecular weight is 478 g/mol. The van der Waals surface area contributed by atoms with Crippen LogP contribution in [0.1, 0.15) is 18.2 Å². The average Bonchev–Trinajstić information content (AvgIpc) is 3.18. The van der Waals surface area contributed by atoms with E-state index in [9.17, 15) is 9.18 Å². The second-order valence-electron chi connectivity index (χ2n) is 8.17. The minimum absolute atomic E-state index is 0.208. The van der Waals surface area contributed by atoms with E-state index < -0.39 is 5.97 Å². The summed E-state index contributed by atoms with van der Waals surface area (Å²) in [6.07, 6.45) is 1.48. The Kier molecular flexibility index (Phi) is 7.14. The van der Waals surface area contributed by atoms with Gasteiger partial charge in [-0.15, -0.1) is 0 Å². The highest BCUT2D eigenvalue weighted by molar-refractivity contribution is 5.85. The number of rotatable bonds is 10. The number of aryl methyl sites for hydroxylation is 2. The zero-order chi connectivity index (χ0) is 24.9. The molecule has 2 aromatic carbocycles. The number of aliphatic carboxylic acids is 1. The van der Waals surface area contributed by atoms with Gasteiger partial charge < -0.3 is 25.0 Å². The molecule has 182 valence electrons. The number of hydrogen-bond donors (Lipinski definition) is 3. The first-order valence-electron chi connectivity index (χ1n) is 11.4. The van der Waals surface area contributed by atoms with E-state index >= 15 is 0 Å². The van der Waals surface area contributed by atoms with E-state index in [1.54, 1.807) is 12.1 Å². The minimum atomic E-state index is -0.955. The number of aromatic nitrogens is 3. The largest absolute Gasteiger partial charge is 0.492 e. The van der Waals surface area contributed by atoms with Crippen LogP contribution in [0.5, 0.6) is 5.75 Å². The van der Waals surface area contributed by atoms with E-state index in [1.807, 2.05) is 49.6 Å². The van der Waals surface area contributed by atoms with E-state index in [0.717, 1.165) is 22.2 Å². The topological polar surface area (TPSA) is 101 Å². The zero-order valence-corrected chi connectivity index (χ0v) is 19.9. The third-order valence-corrected chi connectivity index (χ3v) is 5.75. The molecule has 0 amide bonds. The lowest BCUT2D eigenvalue weighted by molar-refractivity contribution is -0.134. The van der Waals surface area contributed by atoms with Gasteiger partial charge in [-0.2, -0.15) is 0 Å². The maximum Gasteiger partial charge on any atom is 0.322 e. The van der Waals surface area contributed by atoms with Gasteiger partial charge in [-0.1, -0.05) is 12.1 Å². The summed E-state index contributed by atoms with van der Waals surface area (Å²) in [5.74, 6) is 0.0110. The van der Waals surface area contributed by atoms with E-state index in [0.29, 0.717) is 48.2 Å². The van der Waals surface area contributed by atoms with Crippen molar-refractivity contribution in [2.45, 2.75) is 27.3 Å². The molecule has 0 fully saturated rings. The number of hydrogen-bond acceptors (Lipinski definition) is 6. The second kappa shape index (κ2) is 10.4. The van der Waals surface area contributed by atoms with Crippen molar-refractivity contribution in [3.63, 3.8) is 0 Å². The molecular formula is C26H28FN5O3. The number of nitrogens with one attached hydrogen (secondary N) is 2. The van der Waals surface area contributed by atoms with Crippen molar-refractivity contribution in [2.24, 2.45) is 0 Å². The summed E-state index contributed by atoms with van der Waals surface area (Å²) in [4.78, 5) is 19.6. The highest BCUT2D eigenvalue weighted by Gasteiger charge is 2.13. The summed E-state index contributed by atoms with van der Waals surface area (Å²) in [7, 11) is 0. The van der Waals surface area contributed by atoms with Crippen LogP contribution in [0.25, 0.3) is 22.2 Å². The number of nitrogens with zero attached hydrogens (tertiary/aromatic N) is 3. The molecule has 0 aliphatic heterocycles. The molecule has 0 unspecified atom stereocenters. The van der Waals surface area contributed by atoms with Gasteiger partial charge in [0, 0.05) is 35.8 Å². The third kappa shape index (κ3) is 5.34. The first-order chi connectivity index (χ1) is 16.9. The summed E-state index contributed by atoms with van der Waals surface area (Å²) >= 11 is 0. The number of carboxylic acids is 1. The number of carbonyl (C=O) groups is 1. The molecule has 4 rings (SSSR count). The van der Waals surface area contributed by atoms with Gasteiger partial charge in [-0.25, -0.2) is 14.4 Å². The SMILES string of the molecule is CCOc1cc(-c2cc(NCCn3c(C)cc4c(C)ccc(F)c43)ncn2)ccc1NCC(=O)O. The number of benzene rings is 2. The van der Waals surface area contributed by atoms with Crippen LogP contribution in [0.4, 0.5) is 15.9 Å². The monoisotopic (exact) mass is 477 g/mol. The molecule has 0 saturated carbocycles. The van der Waals surface area contributed by atoms with Crippen LogP contribution in [0.15, 0.2) is 48.8 Å². The molecule has 8 nitrogen and oxygen atoms in total. The minimum Gasteiger partial charge on any atom is -0.492 e. The first-order valence-corrected chi connectivity index (χ1v) is 11.4. The van der Waals surface area contributed by atoms with Crippen molar-refractivity contribution in [1.29, 1.82) is 0 Å². The predicted molar refractivity (Wildman–Crippen MR) is 135 cm³/mol. The Hall–Kier alpha value is -4.14. The lowest BCUT2D eigenvalue weighted by atomic mass is 10.1. The highest BCUT2D eigenvalue weighted by atomic mass is 19.1. The molecule has 35 heavy (non-hydrogen) atoms. The van der Waals surface area contributed by atoms with Gasteiger partial charge in [-0.3, -0.25) is 4.79 Å². The number of ether oxygens (including phenoxy) is 1. The third-order valence-electron chi connectivity index (χ3n) is 5.75. The second-order valence-corrected chi connectivity index (χ2v) is 8.17. The predicted octanol–water partition coefficient (Wildman–Crippen LogP) is 4.86. The number of anilines is 2. The fraction of sp³-hybridized carbons (Fsp3) is 0.269. The molecule has 4 aromatic rings. The van der Waals surface area contributed by atoms with Crippen molar-refractivity contribution >= 4 is 28.4 Å². The van der Waals surface area contributed by atoms with E-state index in [-0.39, 0.29) is 12.4 Å². The molecular weight excluding hydrogens is 449 g/mol. The summed E-state index contributed by atoms with van der Waals surface area (Å²) < 4.78 is 22.2. The smallest absolute Gasteiger partial charge is 0.322 e. The Labute approximate surface area is 202 Å². The lowest BCUT2D eigenvalue weighted by Crippen LogP contribution is -2.13. The molecule has 0 aliphatic rings. The Morgan fingerprint density at radius 3 is 2.71 bits per heavy atom. The molecule has 0 aliphatic carbocycles. The lowest BCUT2D eigenvalue weighted by Gasteiger charge is -2.14. The Morgan fingerprint density at radius 2 is 1.94 bits per heavy atom. The van der Waals surface area contributed by atoms with Crippen molar-refractivity contribution in [3.8, 4) is 17.0 Å². The Bertz CT molecular complexity index is 1370. The summed E-state index contributed by atoms with van der Waals surface area (Å²) in [6, 6.07) is 12.6. The van der Waals surface area contributed by atoms with Crippen LogP contribution >= 0.6 is 0 Å². The van der Waals surface area contributed by atoms with Crippen LogP contribution in [0.3, 0.4) is 0 Å². The normalized spacial score (nSPS) is 11.0. The molecule has 9 heteroatoms. The van der Waals surface area contributed by atoms with Crippen molar-refractivity contribution in [1.82, 2.24) is 14.5 Å². The van der Waals surface area contributed by atoms with Crippen molar-refractivity contribution in [2.75, 3.05) is 30.3 Å². The van der Waals surface area contributed by atoms with Gasteiger partial charge in [-0.05, 0) is 50.6 Å². The van der Waals surface area contributed by atoms with Gasteiger partial charge in [0.2, 0.25) is 0 Å². The van der Waals surface area contributed by atoms with Gasteiger partial charge >= 0.3 is 5.97 Å². The van der Waals surface area contributed by atoms with E-state index in [1.165, 1.54) is 12.4 Å². The maximum absolute atomic E-state index is 14.5. The molecule has 0 atom stereocenters. The zero-order valence-electron chi connectivity index (χ0n) is 19.9. The van der Waals surface area contributed by atoms with Gasteiger partial charge in [0.1, 0.15) is 30.3 Å². The Balaban J connectivity index is 1.50. The first kappa shape index (κ1) is 24.0. The number of fused-ring (bicyclic) bond motifs is 1. The summed E-state index contributed by atoms with van der Waals surface area (Å²) in [5.41, 5.74) is 4.77. The summed E-state index contributed by atoms with van der Waals surface area (Å²) in [6.45, 7) is 7.19. The maximum atomic E-state index is 14.5. The van der Waals surface area contributed by atoms with Crippen LogP contribution in [-0.2, 0) is 11.3 Å². The van der Waals surface area contributed by atoms with Crippen LogP contribution in [-0.4, -0.2) is 45.3 Å². The quantitative estimate of drug-likeness (QED) is 0.300. The molecule has 0 bridgehead atoms. The van der Waals surface area contributed by atoms with Crippen molar-refractivity contribution in [3.05, 3.63) is 65.9 Å². The van der Waals surface area contributed by atoms with Gasteiger partial charge in [0.25, 0.3) is 0 Å². The van der Waals surface area contributed by atoms with Gasteiger partial charge in [0.05, 0.1) is 23.5 Å². The number of carboxylic acid groups (broad SMARTS) is 1. The summed E-state index contributed by atoms with van der Waals surface area (Å²) in [5, 5.41) is 16.0. The molecule has 0 saturated heterocycles. The van der Waals surface area contributed by atoms with E-state index in [2.05, 4.69) is 20.6 Å². The Morgan fingerprint density at radius 1 is 1.11 bits per heavy atom. The fourth-order valence-electron chi connectivity index (χ4n) is 4.07. The van der Waals surface area contributed by atoms with Crippen LogP contribution < -0.4 is 15.4 Å². The van der Waals surface area contributed by atoms with Crippen LogP contribution in [0.2, 0.25) is 0 Å². The van der Waals surface area contributed by atoms with Crippen molar-refractivity contribution < 1.29 is 19.0 Å². The van der Waals surface area contributed by atoms with Gasteiger partial charge in [0.15, 0.2) is 0 Å². The molecule has 0 radical (unpaired) electrons. The number of halogens is 1. The highest BCUT2D eigenvalue weighted by Crippen LogP contribution is 2.31. The molecule has 3 N–H and O–H groups in total.